The Morgan fingerprint density at radius 1 is 1.14 bits per heavy atom. The lowest BCUT2D eigenvalue weighted by Crippen LogP contribution is -2.48. The van der Waals surface area contributed by atoms with E-state index in [0.29, 0.717) is 0 Å². The second-order valence-corrected chi connectivity index (χ2v) is 2.79. The lowest BCUT2D eigenvalue weighted by Gasteiger charge is -2.19. The fourth-order valence-corrected chi connectivity index (χ4v) is 0.646. The van der Waals surface area contributed by atoms with E-state index in [1.807, 2.05) is 4.18 Å². The number of carbonyl (C=O) groups excluding carboxylic acids is 1. The molecule has 0 aromatic rings. The van der Waals surface area contributed by atoms with Gasteiger partial charge in [-0.15, -0.1) is 0 Å². The standard InChI is InChI=1S/C3F6O4S/c4-1(10)2(5,6)3(7,8)13-14(9,11)12. The second kappa shape index (κ2) is 3.38. The van der Waals surface area contributed by atoms with Crippen LogP contribution in [0.15, 0.2) is 0 Å². The van der Waals surface area contributed by atoms with Crippen molar-refractivity contribution < 1.29 is 43.2 Å². The van der Waals surface area contributed by atoms with Gasteiger partial charge in [-0.2, -0.15) is 34.6 Å². The minimum absolute atomic E-state index is 1.91. The topological polar surface area (TPSA) is 60.4 Å². The fraction of sp³-hybridized carbons (Fsp3) is 0.667. The molecule has 0 bridgehead atoms. The third kappa shape index (κ3) is 2.83. The van der Waals surface area contributed by atoms with Gasteiger partial charge in [0.05, 0.1) is 0 Å². The summed E-state index contributed by atoms with van der Waals surface area (Å²) < 4.78 is 90.8. The quantitative estimate of drug-likeness (QED) is 0.547. The van der Waals surface area contributed by atoms with Gasteiger partial charge in [0.2, 0.25) is 0 Å². The van der Waals surface area contributed by atoms with Crippen LogP contribution in [0.3, 0.4) is 0 Å². The Bertz CT molecular complexity index is 333. The van der Waals surface area contributed by atoms with Gasteiger partial charge in [0.15, 0.2) is 0 Å². The first-order valence-corrected chi connectivity index (χ1v) is 3.82. The number of rotatable bonds is 4. The molecule has 0 aromatic carbocycles. The van der Waals surface area contributed by atoms with Crippen molar-refractivity contribution in [1.82, 2.24) is 0 Å². The first-order valence-electron chi connectivity index (χ1n) is 2.51. The SMILES string of the molecule is O=C(F)C(F)(F)C(F)(F)OS(=O)(=O)F. The van der Waals surface area contributed by atoms with Crippen molar-refractivity contribution in [3.8, 4) is 0 Å². The third-order valence-corrected chi connectivity index (χ3v) is 1.22. The first kappa shape index (κ1) is 13.2. The summed E-state index contributed by atoms with van der Waals surface area (Å²) in [4.78, 5) is 9.30. The van der Waals surface area contributed by atoms with E-state index in [9.17, 15) is 39.1 Å². The van der Waals surface area contributed by atoms with Crippen molar-refractivity contribution in [2.45, 2.75) is 12.0 Å². The summed E-state index contributed by atoms with van der Waals surface area (Å²) in [6.45, 7) is 0. The number of alkyl halides is 4. The summed E-state index contributed by atoms with van der Waals surface area (Å²) in [5, 5.41) is 0. The minimum atomic E-state index is -6.45. The van der Waals surface area contributed by atoms with Gasteiger partial charge in [0.25, 0.3) is 0 Å². The van der Waals surface area contributed by atoms with Crippen LogP contribution in [-0.2, 0) is 19.5 Å². The molecule has 11 heteroatoms. The lowest BCUT2D eigenvalue weighted by atomic mass is 10.3. The Hall–Kier alpha value is -0.840. The van der Waals surface area contributed by atoms with Gasteiger partial charge in [0.1, 0.15) is 0 Å². The van der Waals surface area contributed by atoms with Crippen molar-refractivity contribution in [2.24, 2.45) is 0 Å². The van der Waals surface area contributed by atoms with Crippen LogP contribution in [0.1, 0.15) is 0 Å². The van der Waals surface area contributed by atoms with Crippen LogP contribution in [0.2, 0.25) is 0 Å². The molecular weight excluding hydrogens is 246 g/mol. The van der Waals surface area contributed by atoms with E-state index in [1.54, 1.807) is 0 Å². The van der Waals surface area contributed by atoms with E-state index in [-0.39, 0.29) is 0 Å². The molecule has 0 saturated heterocycles. The van der Waals surface area contributed by atoms with Crippen molar-refractivity contribution in [3.05, 3.63) is 0 Å². The first-order chi connectivity index (χ1) is 5.90. The molecule has 0 spiro atoms. The smallest absolute Gasteiger partial charge is 0.254 e. The van der Waals surface area contributed by atoms with Gasteiger partial charge in [-0.1, -0.05) is 3.89 Å². The third-order valence-electron chi connectivity index (χ3n) is 0.817. The van der Waals surface area contributed by atoms with E-state index in [1.165, 1.54) is 0 Å². The maximum atomic E-state index is 11.9. The van der Waals surface area contributed by atoms with Gasteiger partial charge in [-0.05, 0) is 0 Å². The molecule has 0 fully saturated rings. The predicted octanol–water partition coefficient (Wildman–Crippen LogP) is 0.942. The van der Waals surface area contributed by atoms with E-state index < -0.39 is 28.6 Å². The van der Waals surface area contributed by atoms with Gasteiger partial charge < -0.3 is 0 Å². The van der Waals surface area contributed by atoms with E-state index in [2.05, 4.69) is 0 Å². The van der Waals surface area contributed by atoms with E-state index in [0.717, 1.165) is 0 Å². The maximum Gasteiger partial charge on any atom is 0.445 e. The molecule has 84 valence electrons. The molecule has 0 radical (unpaired) electrons. The van der Waals surface area contributed by atoms with Gasteiger partial charge in [-0.25, -0.2) is 0 Å². The Morgan fingerprint density at radius 3 is 1.71 bits per heavy atom. The van der Waals surface area contributed by atoms with Crippen LogP contribution in [-0.4, -0.2) is 26.5 Å². The molecule has 0 aliphatic rings. The van der Waals surface area contributed by atoms with Gasteiger partial charge in [-0.3, -0.25) is 4.79 Å². The van der Waals surface area contributed by atoms with Crippen LogP contribution in [0, 0.1) is 0 Å². The Balaban J connectivity index is 5.06. The van der Waals surface area contributed by atoms with Crippen molar-refractivity contribution in [3.63, 3.8) is 0 Å². The lowest BCUT2D eigenvalue weighted by molar-refractivity contribution is -0.298. The molecule has 0 unspecified atom stereocenters. The molecule has 0 aromatic heterocycles. The zero-order valence-corrected chi connectivity index (χ0v) is 6.63. The number of carbonyl (C=O) groups is 1. The molecular formula is C3F6O4S. The van der Waals surface area contributed by atoms with Crippen LogP contribution in [0.5, 0.6) is 0 Å². The predicted molar refractivity (Wildman–Crippen MR) is 27.1 cm³/mol. The monoisotopic (exact) mass is 246 g/mol. The van der Waals surface area contributed by atoms with E-state index in [4.69, 9.17) is 0 Å². The Kier molecular flexibility index (Phi) is 3.18. The molecule has 0 rings (SSSR count). The summed E-state index contributed by atoms with van der Waals surface area (Å²) in [6.07, 6.45) is -6.12. The zero-order valence-electron chi connectivity index (χ0n) is 5.81. The summed E-state index contributed by atoms with van der Waals surface area (Å²) >= 11 is 0. The normalized spacial score (nSPS) is 14.1. The van der Waals surface area contributed by atoms with Crippen molar-refractivity contribution in [2.75, 3.05) is 0 Å². The highest BCUT2D eigenvalue weighted by molar-refractivity contribution is 7.81. The highest BCUT2D eigenvalue weighted by Crippen LogP contribution is 2.37. The second-order valence-electron chi connectivity index (χ2n) is 1.84. The number of hydrogen-bond acceptors (Lipinski definition) is 4. The maximum absolute atomic E-state index is 11.9. The van der Waals surface area contributed by atoms with Crippen LogP contribution < -0.4 is 0 Å². The van der Waals surface area contributed by atoms with Crippen LogP contribution >= 0.6 is 0 Å². The number of hydrogen-bond donors (Lipinski definition) is 0. The molecule has 0 N–H and O–H groups in total. The Labute approximate surface area is 72.9 Å². The highest BCUT2D eigenvalue weighted by Gasteiger charge is 2.66. The molecule has 0 saturated carbocycles. The summed E-state index contributed by atoms with van der Waals surface area (Å²) in [6, 6.07) is -3.86. The molecule has 0 heterocycles. The van der Waals surface area contributed by atoms with E-state index >= 15 is 0 Å². The minimum Gasteiger partial charge on any atom is -0.254 e. The fourth-order valence-electron chi connectivity index (χ4n) is 0.292. The molecule has 0 aliphatic carbocycles. The van der Waals surface area contributed by atoms with Crippen molar-refractivity contribution in [1.29, 1.82) is 0 Å². The molecule has 0 aliphatic heterocycles. The average molecular weight is 246 g/mol. The van der Waals surface area contributed by atoms with Gasteiger partial charge in [0, 0.05) is 0 Å². The molecule has 0 amide bonds. The summed E-state index contributed by atoms with van der Waals surface area (Å²) in [5.41, 5.74) is 0. The molecule has 0 atom stereocenters. The van der Waals surface area contributed by atoms with Gasteiger partial charge >= 0.3 is 28.6 Å². The molecule has 4 nitrogen and oxygen atoms in total. The number of halogens is 6. The Morgan fingerprint density at radius 2 is 1.50 bits per heavy atom. The largest absolute Gasteiger partial charge is 0.445 e. The summed E-state index contributed by atoms with van der Waals surface area (Å²) in [7, 11) is -6.45. The highest BCUT2D eigenvalue weighted by atomic mass is 32.3. The average Bonchev–Trinajstić information content (AvgIpc) is 1.80. The molecule has 14 heavy (non-hydrogen) atoms. The zero-order chi connectivity index (χ0) is 11.8. The van der Waals surface area contributed by atoms with Crippen molar-refractivity contribution >= 4 is 16.5 Å². The summed E-state index contributed by atoms with van der Waals surface area (Å²) in [5.74, 6) is -6.08. The van der Waals surface area contributed by atoms with Crippen LogP contribution in [0.4, 0.5) is 25.8 Å². The van der Waals surface area contributed by atoms with Crippen LogP contribution in [0.25, 0.3) is 0 Å².